The van der Waals surface area contributed by atoms with Gasteiger partial charge in [0.1, 0.15) is 4.90 Å². The summed E-state index contributed by atoms with van der Waals surface area (Å²) in [5.41, 5.74) is 7.85. The van der Waals surface area contributed by atoms with E-state index in [-0.39, 0.29) is 10.9 Å². The third-order valence-corrected chi connectivity index (χ3v) is 5.80. The molecule has 0 amide bonds. The van der Waals surface area contributed by atoms with E-state index in [0.29, 0.717) is 24.4 Å². The van der Waals surface area contributed by atoms with Crippen molar-refractivity contribution in [1.29, 1.82) is 0 Å². The largest absolute Gasteiger partial charge is 0.397 e. The van der Waals surface area contributed by atoms with Crippen molar-refractivity contribution in [3.05, 3.63) is 23.3 Å². The van der Waals surface area contributed by atoms with Gasteiger partial charge in [0.05, 0.1) is 12.3 Å². The van der Waals surface area contributed by atoms with Crippen molar-refractivity contribution < 1.29 is 13.2 Å². The van der Waals surface area contributed by atoms with Gasteiger partial charge in [-0.3, -0.25) is 0 Å². The smallest absolute Gasteiger partial charge is 0.245 e. The number of hydrogen-bond donors (Lipinski definition) is 1. The first-order chi connectivity index (χ1) is 9.39. The molecule has 0 aromatic heterocycles. The highest BCUT2D eigenvalue weighted by molar-refractivity contribution is 7.89. The normalized spacial score (nSPS) is 15.8. The zero-order chi connectivity index (χ0) is 14.9. The van der Waals surface area contributed by atoms with Crippen molar-refractivity contribution in [3.63, 3.8) is 0 Å². The number of rotatable bonds is 6. The topological polar surface area (TPSA) is 72.6 Å². The van der Waals surface area contributed by atoms with E-state index in [1.54, 1.807) is 20.1 Å². The molecule has 0 atom stereocenters. The number of nitrogens with zero attached hydrogens (tertiary/aromatic N) is 1. The average Bonchev–Trinajstić information content (AvgIpc) is 3.19. The van der Waals surface area contributed by atoms with Crippen LogP contribution in [0.3, 0.4) is 0 Å². The molecule has 1 aliphatic rings. The standard InChI is InChI=1S/C14H22N2O3S/c1-10-4-5-11(2)14(13(10)15)20(17,18)16(8-9-19-3)12-6-7-12/h4-5,12H,6-9,15H2,1-3H3. The Morgan fingerprint density at radius 1 is 1.30 bits per heavy atom. The Balaban J connectivity index is 2.45. The molecular formula is C14H22N2O3S. The van der Waals surface area contributed by atoms with E-state index in [2.05, 4.69) is 0 Å². The van der Waals surface area contributed by atoms with E-state index in [1.165, 1.54) is 4.31 Å². The van der Waals surface area contributed by atoms with Crippen LogP contribution in [0, 0.1) is 13.8 Å². The first kappa shape index (κ1) is 15.3. The average molecular weight is 298 g/mol. The number of hydrogen-bond acceptors (Lipinski definition) is 4. The van der Waals surface area contributed by atoms with Crippen LogP contribution in [-0.2, 0) is 14.8 Å². The molecule has 1 saturated carbocycles. The molecule has 20 heavy (non-hydrogen) atoms. The zero-order valence-corrected chi connectivity index (χ0v) is 13.0. The van der Waals surface area contributed by atoms with E-state index in [4.69, 9.17) is 10.5 Å². The number of aryl methyl sites for hydroxylation is 2. The van der Waals surface area contributed by atoms with Gasteiger partial charge < -0.3 is 10.5 Å². The van der Waals surface area contributed by atoms with Crippen molar-refractivity contribution in [1.82, 2.24) is 4.31 Å². The molecule has 2 N–H and O–H groups in total. The van der Waals surface area contributed by atoms with E-state index in [9.17, 15) is 8.42 Å². The van der Waals surface area contributed by atoms with Crippen molar-refractivity contribution in [3.8, 4) is 0 Å². The Kier molecular flexibility index (Phi) is 4.36. The summed E-state index contributed by atoms with van der Waals surface area (Å²) in [4.78, 5) is 0.250. The molecule has 0 aliphatic heterocycles. The monoisotopic (exact) mass is 298 g/mol. The highest BCUT2D eigenvalue weighted by atomic mass is 32.2. The second-order valence-electron chi connectivity index (χ2n) is 5.28. The molecule has 0 radical (unpaired) electrons. The van der Waals surface area contributed by atoms with Gasteiger partial charge in [-0.15, -0.1) is 0 Å². The van der Waals surface area contributed by atoms with Crippen molar-refractivity contribution >= 4 is 15.7 Å². The van der Waals surface area contributed by atoms with Gasteiger partial charge in [-0.25, -0.2) is 8.42 Å². The van der Waals surface area contributed by atoms with Crippen LogP contribution in [0.15, 0.2) is 17.0 Å². The molecule has 0 bridgehead atoms. The number of nitrogens with two attached hydrogens (primary N) is 1. The van der Waals surface area contributed by atoms with Gasteiger partial charge in [-0.1, -0.05) is 12.1 Å². The first-order valence-corrected chi connectivity index (χ1v) is 8.20. The minimum Gasteiger partial charge on any atom is -0.397 e. The zero-order valence-electron chi connectivity index (χ0n) is 12.2. The van der Waals surface area contributed by atoms with Crippen LogP contribution in [-0.4, -0.2) is 39.0 Å². The number of anilines is 1. The molecule has 0 saturated heterocycles. The maximum Gasteiger partial charge on any atom is 0.245 e. The summed E-state index contributed by atoms with van der Waals surface area (Å²) in [6.07, 6.45) is 1.82. The van der Waals surface area contributed by atoms with Gasteiger partial charge in [-0.05, 0) is 37.8 Å². The van der Waals surface area contributed by atoms with Gasteiger partial charge in [0.15, 0.2) is 0 Å². The van der Waals surface area contributed by atoms with E-state index >= 15 is 0 Å². The summed E-state index contributed by atoms with van der Waals surface area (Å²) in [7, 11) is -1.99. The molecule has 0 unspecified atom stereocenters. The number of sulfonamides is 1. The van der Waals surface area contributed by atoms with E-state index < -0.39 is 10.0 Å². The molecular weight excluding hydrogens is 276 g/mol. The second kappa shape index (κ2) is 5.71. The van der Waals surface area contributed by atoms with Crippen molar-refractivity contribution in [2.24, 2.45) is 0 Å². The molecule has 1 fully saturated rings. The Morgan fingerprint density at radius 3 is 2.45 bits per heavy atom. The molecule has 1 aromatic carbocycles. The van der Waals surface area contributed by atoms with Crippen LogP contribution in [0.4, 0.5) is 5.69 Å². The molecule has 2 rings (SSSR count). The van der Waals surface area contributed by atoms with Crippen molar-refractivity contribution in [2.45, 2.75) is 37.6 Å². The van der Waals surface area contributed by atoms with Gasteiger partial charge in [-0.2, -0.15) is 4.31 Å². The van der Waals surface area contributed by atoms with Gasteiger partial charge in [0.2, 0.25) is 10.0 Å². The van der Waals surface area contributed by atoms with Gasteiger partial charge >= 0.3 is 0 Å². The van der Waals surface area contributed by atoms with Crippen LogP contribution < -0.4 is 5.73 Å². The van der Waals surface area contributed by atoms with Crippen LogP contribution in [0.5, 0.6) is 0 Å². The maximum absolute atomic E-state index is 12.9. The minimum absolute atomic E-state index is 0.0921. The summed E-state index contributed by atoms with van der Waals surface area (Å²) >= 11 is 0. The maximum atomic E-state index is 12.9. The molecule has 1 aliphatic carbocycles. The molecule has 5 nitrogen and oxygen atoms in total. The highest BCUT2D eigenvalue weighted by Gasteiger charge is 2.39. The predicted molar refractivity (Wildman–Crippen MR) is 79.1 cm³/mol. The Labute approximate surface area is 120 Å². The van der Waals surface area contributed by atoms with Crippen LogP contribution in [0.25, 0.3) is 0 Å². The van der Waals surface area contributed by atoms with Gasteiger partial charge in [0, 0.05) is 19.7 Å². The van der Waals surface area contributed by atoms with Crippen molar-refractivity contribution in [2.75, 3.05) is 26.0 Å². The molecule has 0 spiro atoms. The summed E-state index contributed by atoms with van der Waals surface area (Å²) in [6, 6.07) is 3.75. The summed E-state index contributed by atoms with van der Waals surface area (Å²) in [5.74, 6) is 0. The minimum atomic E-state index is -3.57. The predicted octanol–water partition coefficient (Wildman–Crippen LogP) is 1.69. The van der Waals surface area contributed by atoms with Crippen LogP contribution in [0.1, 0.15) is 24.0 Å². The third-order valence-electron chi connectivity index (χ3n) is 3.65. The number of nitrogen functional groups attached to an aromatic ring is 1. The lowest BCUT2D eigenvalue weighted by Gasteiger charge is -2.24. The first-order valence-electron chi connectivity index (χ1n) is 6.76. The quantitative estimate of drug-likeness (QED) is 0.811. The van der Waals surface area contributed by atoms with Crippen LogP contribution >= 0.6 is 0 Å². The molecule has 6 heteroatoms. The molecule has 0 heterocycles. The van der Waals surface area contributed by atoms with Crippen LogP contribution in [0.2, 0.25) is 0 Å². The summed E-state index contributed by atoms with van der Waals surface area (Å²) < 4.78 is 32.4. The third kappa shape index (κ3) is 2.82. The van der Waals surface area contributed by atoms with Gasteiger partial charge in [0.25, 0.3) is 0 Å². The summed E-state index contributed by atoms with van der Waals surface area (Å²) in [5, 5.41) is 0. The number of methoxy groups -OCH3 is 1. The Hall–Kier alpha value is -1.11. The lowest BCUT2D eigenvalue weighted by molar-refractivity contribution is 0.177. The fraction of sp³-hybridized carbons (Fsp3) is 0.571. The van der Waals surface area contributed by atoms with E-state index in [0.717, 1.165) is 18.4 Å². The Bertz CT molecular complexity index is 595. The Morgan fingerprint density at radius 2 is 1.90 bits per heavy atom. The fourth-order valence-corrected chi connectivity index (χ4v) is 4.38. The van der Waals surface area contributed by atoms with E-state index in [1.807, 2.05) is 13.0 Å². The lowest BCUT2D eigenvalue weighted by atomic mass is 10.1. The number of ether oxygens (including phenoxy) is 1. The number of benzene rings is 1. The second-order valence-corrected chi connectivity index (χ2v) is 7.11. The lowest BCUT2D eigenvalue weighted by Crippen LogP contribution is -2.36. The SMILES string of the molecule is COCCN(C1CC1)S(=O)(=O)c1c(C)ccc(C)c1N. The summed E-state index contributed by atoms with van der Waals surface area (Å²) in [6.45, 7) is 4.37. The molecule has 1 aromatic rings. The fourth-order valence-electron chi connectivity index (χ4n) is 2.31. The highest BCUT2D eigenvalue weighted by Crippen LogP contribution is 2.35. The molecule has 112 valence electrons.